The predicted octanol–water partition coefficient (Wildman–Crippen LogP) is 3.32. The first-order valence-electron chi connectivity index (χ1n) is 6.75. The van der Waals surface area contributed by atoms with E-state index in [0.717, 1.165) is 18.6 Å². The third kappa shape index (κ3) is 3.87. The molecule has 19 heavy (non-hydrogen) atoms. The maximum absolute atomic E-state index is 12.4. The van der Waals surface area contributed by atoms with E-state index in [4.69, 9.17) is 16.3 Å². The fourth-order valence-corrected chi connectivity index (χ4v) is 2.22. The summed E-state index contributed by atoms with van der Waals surface area (Å²) in [5.74, 6) is 1.35. The second-order valence-corrected chi connectivity index (χ2v) is 5.49. The first-order chi connectivity index (χ1) is 9.11. The van der Waals surface area contributed by atoms with Crippen molar-refractivity contribution in [2.24, 2.45) is 0 Å². The molecule has 0 aromatic heterocycles. The summed E-state index contributed by atoms with van der Waals surface area (Å²) in [6, 6.07) is 7.73. The summed E-state index contributed by atoms with van der Waals surface area (Å²) in [5, 5.41) is 0. The van der Waals surface area contributed by atoms with Gasteiger partial charge in [0.1, 0.15) is 5.75 Å². The number of benzene rings is 1. The average molecular weight is 282 g/mol. The molecule has 1 amide bonds. The van der Waals surface area contributed by atoms with Crippen molar-refractivity contribution >= 4 is 17.5 Å². The van der Waals surface area contributed by atoms with Crippen molar-refractivity contribution < 1.29 is 9.53 Å². The lowest BCUT2D eigenvalue weighted by Gasteiger charge is -2.21. The van der Waals surface area contributed by atoms with Gasteiger partial charge in [0.15, 0.2) is 0 Å². The number of carbonyl (C=O) groups is 1. The molecule has 1 aliphatic rings. The standard InChI is InChI=1S/C15H20ClNO2/c1-11(2)19-14-7-3-12(4-8-14)15(18)17(10-9-16)13-5-6-13/h3-4,7-8,11,13H,5-6,9-10H2,1-2H3. The minimum Gasteiger partial charge on any atom is -0.491 e. The number of hydrogen-bond acceptors (Lipinski definition) is 2. The zero-order valence-electron chi connectivity index (χ0n) is 11.4. The Kier molecular flexibility index (Phi) is 4.70. The second-order valence-electron chi connectivity index (χ2n) is 5.11. The number of amides is 1. The third-order valence-electron chi connectivity index (χ3n) is 3.05. The quantitative estimate of drug-likeness (QED) is 0.749. The van der Waals surface area contributed by atoms with Crippen LogP contribution in [0.5, 0.6) is 5.75 Å². The molecule has 0 saturated heterocycles. The molecule has 0 unspecified atom stereocenters. The SMILES string of the molecule is CC(C)Oc1ccc(C(=O)N(CCCl)C2CC2)cc1. The maximum Gasteiger partial charge on any atom is 0.254 e. The fraction of sp³-hybridized carbons (Fsp3) is 0.533. The van der Waals surface area contributed by atoms with E-state index in [1.807, 2.05) is 43.0 Å². The van der Waals surface area contributed by atoms with Gasteiger partial charge in [-0.15, -0.1) is 11.6 Å². The van der Waals surface area contributed by atoms with Crippen LogP contribution in [0.25, 0.3) is 0 Å². The summed E-state index contributed by atoms with van der Waals surface area (Å²) in [6.45, 7) is 4.58. The summed E-state index contributed by atoms with van der Waals surface area (Å²) in [7, 11) is 0. The Labute approximate surface area is 119 Å². The van der Waals surface area contributed by atoms with Crippen LogP contribution < -0.4 is 4.74 Å². The maximum atomic E-state index is 12.4. The summed E-state index contributed by atoms with van der Waals surface area (Å²) in [5.41, 5.74) is 0.702. The molecule has 1 aliphatic carbocycles. The number of carbonyl (C=O) groups excluding carboxylic acids is 1. The largest absolute Gasteiger partial charge is 0.491 e. The number of halogens is 1. The van der Waals surface area contributed by atoms with E-state index in [-0.39, 0.29) is 12.0 Å². The van der Waals surface area contributed by atoms with Crippen molar-refractivity contribution in [3.63, 3.8) is 0 Å². The second kappa shape index (κ2) is 6.29. The Morgan fingerprint density at radius 1 is 1.37 bits per heavy atom. The van der Waals surface area contributed by atoms with Crippen LogP contribution in [-0.2, 0) is 0 Å². The molecule has 0 radical (unpaired) electrons. The van der Waals surface area contributed by atoms with E-state index in [2.05, 4.69) is 0 Å². The van der Waals surface area contributed by atoms with Crippen LogP contribution in [0.2, 0.25) is 0 Å². The molecule has 0 bridgehead atoms. The van der Waals surface area contributed by atoms with Crippen molar-refractivity contribution in [2.45, 2.75) is 38.8 Å². The van der Waals surface area contributed by atoms with Crippen molar-refractivity contribution in [3.8, 4) is 5.75 Å². The van der Waals surface area contributed by atoms with E-state index in [1.54, 1.807) is 0 Å². The predicted molar refractivity (Wildman–Crippen MR) is 77.0 cm³/mol. The van der Waals surface area contributed by atoms with Gasteiger partial charge in [-0.05, 0) is 51.0 Å². The molecular weight excluding hydrogens is 262 g/mol. The highest BCUT2D eigenvalue weighted by Crippen LogP contribution is 2.28. The lowest BCUT2D eigenvalue weighted by Crippen LogP contribution is -2.34. The minimum absolute atomic E-state index is 0.0687. The molecule has 104 valence electrons. The molecular formula is C15H20ClNO2. The Hall–Kier alpha value is -1.22. The molecule has 4 heteroatoms. The molecule has 3 nitrogen and oxygen atoms in total. The van der Waals surface area contributed by atoms with Crippen LogP contribution in [0.1, 0.15) is 37.0 Å². The number of nitrogens with zero attached hydrogens (tertiary/aromatic N) is 1. The van der Waals surface area contributed by atoms with Crippen molar-refractivity contribution in [2.75, 3.05) is 12.4 Å². The molecule has 0 heterocycles. The molecule has 1 aromatic carbocycles. The van der Waals surface area contributed by atoms with Gasteiger partial charge in [0.05, 0.1) is 6.10 Å². The molecule has 1 saturated carbocycles. The normalized spacial score (nSPS) is 14.5. The van der Waals surface area contributed by atoms with E-state index in [1.165, 1.54) is 0 Å². The van der Waals surface area contributed by atoms with Gasteiger partial charge in [0.2, 0.25) is 0 Å². The molecule has 0 atom stereocenters. The Bertz CT molecular complexity index is 426. The highest BCUT2D eigenvalue weighted by atomic mass is 35.5. The zero-order valence-corrected chi connectivity index (χ0v) is 12.2. The monoisotopic (exact) mass is 281 g/mol. The Morgan fingerprint density at radius 2 is 2.00 bits per heavy atom. The van der Waals surface area contributed by atoms with Crippen LogP contribution in [-0.4, -0.2) is 35.4 Å². The van der Waals surface area contributed by atoms with Gasteiger partial charge in [-0.25, -0.2) is 0 Å². The summed E-state index contributed by atoms with van der Waals surface area (Å²) in [6.07, 6.45) is 2.33. The van der Waals surface area contributed by atoms with Crippen LogP contribution in [0.15, 0.2) is 24.3 Å². The van der Waals surface area contributed by atoms with Crippen LogP contribution >= 0.6 is 11.6 Å². The van der Waals surface area contributed by atoms with E-state index in [0.29, 0.717) is 24.0 Å². The van der Waals surface area contributed by atoms with Crippen LogP contribution in [0.4, 0.5) is 0 Å². The number of ether oxygens (including phenoxy) is 1. The van der Waals surface area contributed by atoms with Gasteiger partial charge in [0.25, 0.3) is 5.91 Å². The Balaban J connectivity index is 2.05. The molecule has 2 rings (SSSR count). The topological polar surface area (TPSA) is 29.5 Å². The lowest BCUT2D eigenvalue weighted by molar-refractivity contribution is 0.0753. The molecule has 1 aromatic rings. The van der Waals surface area contributed by atoms with Gasteiger partial charge in [-0.1, -0.05) is 0 Å². The Morgan fingerprint density at radius 3 is 2.47 bits per heavy atom. The first-order valence-corrected chi connectivity index (χ1v) is 7.29. The molecule has 0 N–H and O–H groups in total. The summed E-state index contributed by atoms with van der Waals surface area (Å²) < 4.78 is 5.57. The molecule has 1 fully saturated rings. The molecule has 0 aliphatic heterocycles. The van der Waals surface area contributed by atoms with Gasteiger partial charge >= 0.3 is 0 Å². The van der Waals surface area contributed by atoms with E-state index < -0.39 is 0 Å². The first kappa shape index (κ1) is 14.2. The average Bonchev–Trinajstić information content (AvgIpc) is 3.19. The highest BCUT2D eigenvalue weighted by Gasteiger charge is 2.32. The number of hydrogen-bond donors (Lipinski definition) is 0. The van der Waals surface area contributed by atoms with Crippen molar-refractivity contribution in [1.29, 1.82) is 0 Å². The summed E-state index contributed by atoms with van der Waals surface area (Å²) in [4.78, 5) is 14.3. The van der Waals surface area contributed by atoms with Gasteiger partial charge in [-0.2, -0.15) is 0 Å². The van der Waals surface area contributed by atoms with E-state index in [9.17, 15) is 4.79 Å². The van der Waals surface area contributed by atoms with Crippen LogP contribution in [0.3, 0.4) is 0 Å². The van der Waals surface area contributed by atoms with Gasteiger partial charge < -0.3 is 9.64 Å². The summed E-state index contributed by atoms with van der Waals surface area (Å²) >= 11 is 5.77. The third-order valence-corrected chi connectivity index (χ3v) is 3.22. The van der Waals surface area contributed by atoms with Gasteiger partial charge in [-0.3, -0.25) is 4.79 Å². The van der Waals surface area contributed by atoms with Crippen molar-refractivity contribution in [3.05, 3.63) is 29.8 Å². The molecule has 0 spiro atoms. The van der Waals surface area contributed by atoms with Gasteiger partial charge in [0, 0.05) is 24.0 Å². The lowest BCUT2D eigenvalue weighted by atomic mass is 10.2. The van der Waals surface area contributed by atoms with Crippen molar-refractivity contribution in [1.82, 2.24) is 4.90 Å². The minimum atomic E-state index is 0.0687. The number of rotatable bonds is 6. The highest BCUT2D eigenvalue weighted by molar-refractivity contribution is 6.18. The number of alkyl halides is 1. The zero-order chi connectivity index (χ0) is 13.8. The van der Waals surface area contributed by atoms with E-state index >= 15 is 0 Å². The smallest absolute Gasteiger partial charge is 0.254 e. The fourth-order valence-electron chi connectivity index (χ4n) is 2.04. The van der Waals surface area contributed by atoms with Crippen LogP contribution in [0, 0.1) is 0 Å².